The van der Waals surface area contributed by atoms with E-state index in [9.17, 15) is 0 Å². The minimum Gasteiger partial charge on any atom is -0.250 e. The molecule has 0 radical (unpaired) electrons. The van der Waals surface area contributed by atoms with Crippen molar-refractivity contribution >= 4 is 0 Å². The van der Waals surface area contributed by atoms with Crippen LogP contribution >= 0.6 is 0 Å². The van der Waals surface area contributed by atoms with Crippen LogP contribution in [0.1, 0.15) is 182 Å². The SMILES string of the molecule is CC(C)c1cn(C(C)C)nn1.CC(C)c1cnn(C(C)C)n1.CC(C)c1ncn(C(C)C)n1.CC(C)c1nnn(C(C)C)n1. The van der Waals surface area contributed by atoms with E-state index >= 15 is 0 Å². The van der Waals surface area contributed by atoms with Crippen molar-refractivity contribution in [1.29, 1.82) is 0 Å². The second-order valence-corrected chi connectivity index (χ2v) is 13.3. The van der Waals surface area contributed by atoms with Crippen LogP contribution in [-0.4, -0.2) is 65.0 Å². The molecule has 0 aliphatic carbocycles. The number of hydrogen-bond donors (Lipinski definition) is 0. The molecule has 0 amide bonds. The van der Waals surface area contributed by atoms with Gasteiger partial charge in [0.2, 0.25) is 0 Å². The molecule has 4 aromatic rings. The molecule has 0 atom stereocenters. The Morgan fingerprint density at radius 1 is 0.477 bits per heavy atom. The first-order valence-electron chi connectivity index (χ1n) is 16.0. The van der Waals surface area contributed by atoms with Crippen LogP contribution in [0.15, 0.2) is 18.7 Å². The molecule has 0 aromatic carbocycles. The van der Waals surface area contributed by atoms with Crippen LogP contribution in [0, 0.1) is 0 Å². The topological polar surface area (TPSA) is 136 Å². The predicted octanol–water partition coefficient (Wildman–Crippen LogP) is 7.32. The smallest absolute Gasteiger partial charge is 0.177 e. The van der Waals surface area contributed by atoms with E-state index in [2.05, 4.69) is 143 Å². The summed E-state index contributed by atoms with van der Waals surface area (Å²) in [5.74, 6) is 3.49. The van der Waals surface area contributed by atoms with E-state index < -0.39 is 0 Å². The van der Waals surface area contributed by atoms with Crippen molar-refractivity contribution in [2.75, 3.05) is 0 Å². The van der Waals surface area contributed by atoms with Crippen LogP contribution in [-0.2, 0) is 0 Å². The summed E-state index contributed by atoms with van der Waals surface area (Å²) in [4.78, 5) is 7.57. The second-order valence-electron chi connectivity index (χ2n) is 13.3. The Hall–Kier alpha value is -3.51. The fourth-order valence-corrected chi connectivity index (χ4v) is 3.10. The predicted molar refractivity (Wildman–Crippen MR) is 176 cm³/mol. The first-order valence-corrected chi connectivity index (χ1v) is 16.0. The Morgan fingerprint density at radius 2 is 1.02 bits per heavy atom. The molecular formula is C31H59N13. The number of aromatic nitrogens is 13. The van der Waals surface area contributed by atoms with Crippen LogP contribution in [0.2, 0.25) is 0 Å². The molecule has 4 heterocycles. The third kappa shape index (κ3) is 13.0. The van der Waals surface area contributed by atoms with Crippen LogP contribution in [0.3, 0.4) is 0 Å². The summed E-state index contributed by atoms with van der Waals surface area (Å²) in [6.07, 6.45) is 5.64. The summed E-state index contributed by atoms with van der Waals surface area (Å²) < 4.78 is 3.77. The Kier molecular flexibility index (Phi) is 16.0. The Labute approximate surface area is 265 Å². The van der Waals surface area contributed by atoms with Gasteiger partial charge in [0.15, 0.2) is 11.6 Å². The molecule has 0 spiro atoms. The largest absolute Gasteiger partial charge is 0.250 e. The molecule has 0 saturated carbocycles. The van der Waals surface area contributed by atoms with Gasteiger partial charge in [-0.3, -0.25) is 4.68 Å². The van der Waals surface area contributed by atoms with Crippen molar-refractivity contribution in [3.63, 3.8) is 0 Å². The van der Waals surface area contributed by atoms with Crippen molar-refractivity contribution in [3.8, 4) is 0 Å². The maximum absolute atomic E-state index is 4.31. The van der Waals surface area contributed by atoms with Crippen LogP contribution in [0.4, 0.5) is 0 Å². The van der Waals surface area contributed by atoms with E-state index in [1.807, 2.05) is 35.6 Å². The van der Waals surface area contributed by atoms with Gasteiger partial charge in [-0.1, -0.05) is 60.6 Å². The third-order valence-electron chi connectivity index (χ3n) is 6.22. The molecule has 0 aliphatic heterocycles. The van der Waals surface area contributed by atoms with Gasteiger partial charge in [-0.25, -0.2) is 9.67 Å². The molecule has 0 N–H and O–H groups in total. The maximum Gasteiger partial charge on any atom is 0.177 e. The number of tetrazole rings is 1. The molecule has 0 saturated heterocycles. The standard InChI is InChI=1S/3C8H15N3.C7H14N4/c1-6(2)8-9-5-11(10-8)7(3)4;1-6(2)8-5-11(7(3)4)10-9-8;1-6(2)8-5-9-11(10-8)7(3)4;1-5(2)7-8-10-11(9-7)6(3)4/h3*5-7H,1-4H3;5-6H,1-4H3. The molecule has 0 fully saturated rings. The van der Waals surface area contributed by atoms with Crippen molar-refractivity contribution in [2.24, 2.45) is 0 Å². The zero-order valence-electron chi connectivity index (χ0n) is 30.2. The van der Waals surface area contributed by atoms with Crippen molar-refractivity contribution in [1.82, 2.24) is 65.0 Å². The fraction of sp³-hybridized carbons (Fsp3) is 0.774. The summed E-state index contributed by atoms with van der Waals surface area (Å²) >= 11 is 0. The Bertz CT molecular complexity index is 1010. The highest BCUT2D eigenvalue weighted by Crippen LogP contribution is 2.12. The lowest BCUT2D eigenvalue weighted by Crippen LogP contribution is -2.05. The van der Waals surface area contributed by atoms with Crippen LogP contribution < -0.4 is 0 Å². The molecule has 0 bridgehead atoms. The van der Waals surface area contributed by atoms with E-state index in [1.165, 1.54) is 0 Å². The highest BCUT2D eigenvalue weighted by molar-refractivity contribution is 4.98. The van der Waals surface area contributed by atoms with E-state index in [-0.39, 0.29) is 0 Å². The lowest BCUT2D eigenvalue weighted by atomic mass is 10.2. The Morgan fingerprint density at radius 3 is 1.30 bits per heavy atom. The molecule has 4 rings (SSSR count). The normalized spacial score (nSPS) is 11.5. The first-order chi connectivity index (χ1) is 20.4. The average molecular weight is 614 g/mol. The zero-order chi connectivity index (χ0) is 33.7. The highest BCUT2D eigenvalue weighted by atomic mass is 15.6. The molecule has 4 aromatic heterocycles. The summed E-state index contributed by atoms with van der Waals surface area (Å²) in [6, 6.07) is 1.49. The Balaban J connectivity index is 0.000000293. The summed E-state index contributed by atoms with van der Waals surface area (Å²) in [6.45, 7) is 33.4. The van der Waals surface area contributed by atoms with Crippen molar-refractivity contribution in [2.45, 2.75) is 159 Å². The van der Waals surface area contributed by atoms with Gasteiger partial charge in [0.05, 0.1) is 29.7 Å². The number of rotatable bonds is 8. The van der Waals surface area contributed by atoms with Crippen molar-refractivity contribution in [3.05, 3.63) is 41.8 Å². The van der Waals surface area contributed by atoms with E-state index in [0.717, 1.165) is 23.0 Å². The fourth-order valence-electron chi connectivity index (χ4n) is 3.10. The van der Waals surface area contributed by atoms with Crippen LogP contribution in [0.5, 0.6) is 0 Å². The molecule has 0 aliphatic rings. The van der Waals surface area contributed by atoms with Gasteiger partial charge in [0, 0.05) is 30.1 Å². The zero-order valence-corrected chi connectivity index (χ0v) is 30.2. The number of hydrogen-bond acceptors (Lipinski definition) is 9. The summed E-state index contributed by atoms with van der Waals surface area (Å²) in [7, 11) is 0. The van der Waals surface area contributed by atoms with E-state index in [1.54, 1.807) is 15.9 Å². The van der Waals surface area contributed by atoms with E-state index in [0.29, 0.717) is 47.8 Å². The van der Waals surface area contributed by atoms with E-state index in [4.69, 9.17) is 0 Å². The molecule has 44 heavy (non-hydrogen) atoms. The minimum absolute atomic E-state index is 0.301. The molecule has 248 valence electrons. The highest BCUT2D eigenvalue weighted by Gasteiger charge is 2.09. The number of nitrogens with zero attached hydrogens (tertiary/aromatic N) is 13. The lowest BCUT2D eigenvalue weighted by Gasteiger charge is -2.02. The van der Waals surface area contributed by atoms with Gasteiger partial charge >= 0.3 is 0 Å². The summed E-state index contributed by atoms with van der Waals surface area (Å²) in [5.41, 5.74) is 2.14. The quantitative estimate of drug-likeness (QED) is 0.200. The van der Waals surface area contributed by atoms with Gasteiger partial charge in [0.25, 0.3) is 0 Å². The van der Waals surface area contributed by atoms with Gasteiger partial charge in [-0.05, 0) is 72.4 Å². The first kappa shape index (κ1) is 38.5. The lowest BCUT2D eigenvalue weighted by molar-refractivity contribution is 0.452. The molecule has 13 nitrogen and oxygen atoms in total. The van der Waals surface area contributed by atoms with Crippen LogP contribution in [0.25, 0.3) is 0 Å². The van der Waals surface area contributed by atoms with Crippen molar-refractivity contribution < 1.29 is 0 Å². The monoisotopic (exact) mass is 614 g/mol. The molecular weight excluding hydrogens is 554 g/mol. The third-order valence-corrected chi connectivity index (χ3v) is 6.22. The van der Waals surface area contributed by atoms with Gasteiger partial charge in [-0.2, -0.15) is 24.9 Å². The summed E-state index contributed by atoms with van der Waals surface area (Å²) in [5, 5.41) is 32.9. The minimum atomic E-state index is 0.301. The van der Waals surface area contributed by atoms with Gasteiger partial charge in [-0.15, -0.1) is 15.3 Å². The van der Waals surface area contributed by atoms with Gasteiger partial charge < -0.3 is 0 Å². The maximum atomic E-state index is 4.31. The molecule has 0 unspecified atom stereocenters. The molecule has 13 heteroatoms. The van der Waals surface area contributed by atoms with Gasteiger partial charge in [0.1, 0.15) is 6.33 Å². The second kappa shape index (κ2) is 18.3. The average Bonchev–Trinajstić information content (AvgIpc) is 3.76.